The first-order valence-corrected chi connectivity index (χ1v) is 11.7. The van der Waals surface area contributed by atoms with E-state index in [0.29, 0.717) is 17.5 Å². The quantitative estimate of drug-likeness (QED) is 0.623. The molecule has 2 aromatic heterocycles. The van der Waals surface area contributed by atoms with Crippen molar-refractivity contribution in [1.82, 2.24) is 9.97 Å². The second kappa shape index (κ2) is 8.23. The van der Waals surface area contributed by atoms with Crippen molar-refractivity contribution in [1.29, 1.82) is 0 Å². The molecule has 3 saturated heterocycles. The lowest BCUT2D eigenvalue weighted by molar-refractivity contribution is 0.00794. The van der Waals surface area contributed by atoms with E-state index in [0.717, 1.165) is 35.4 Å². The van der Waals surface area contributed by atoms with Crippen molar-refractivity contribution in [3.8, 4) is 17.1 Å². The van der Waals surface area contributed by atoms with E-state index in [-0.39, 0.29) is 24.9 Å². The number of benzene rings is 1. The van der Waals surface area contributed by atoms with Crippen molar-refractivity contribution < 1.29 is 19.3 Å². The summed E-state index contributed by atoms with van der Waals surface area (Å²) in [4.78, 5) is 10.5. The number of hydrogen-bond acceptors (Lipinski definition) is 6. The third-order valence-corrected chi connectivity index (χ3v) is 6.94. The smallest absolute Gasteiger partial charge is 0.193 e. The molecule has 6 rings (SSSR count). The molecule has 8 heteroatoms. The van der Waals surface area contributed by atoms with Crippen LogP contribution in [0.5, 0.6) is 5.88 Å². The fraction of sp³-hybridized carbons (Fsp3) is 0.458. The molecule has 0 radical (unpaired) electrons. The number of H-pyrrole nitrogens is 1. The van der Waals surface area contributed by atoms with E-state index in [4.69, 9.17) is 30.8 Å². The Morgan fingerprint density at radius 1 is 1.03 bits per heavy atom. The second-order valence-electron chi connectivity index (χ2n) is 8.80. The maximum atomic E-state index is 9.92. The minimum atomic E-state index is -0.597. The Labute approximate surface area is 191 Å². The van der Waals surface area contributed by atoms with Gasteiger partial charge in [-0.15, -0.1) is 0 Å². The molecule has 4 atom stereocenters. The fourth-order valence-corrected chi connectivity index (χ4v) is 5.22. The first-order chi connectivity index (χ1) is 15.7. The van der Waals surface area contributed by atoms with Crippen molar-refractivity contribution in [2.75, 3.05) is 31.2 Å². The summed E-state index contributed by atoms with van der Waals surface area (Å²) < 4.78 is 17.4. The Kier molecular flexibility index (Phi) is 5.22. The van der Waals surface area contributed by atoms with Gasteiger partial charge in [0.05, 0.1) is 35.0 Å². The zero-order valence-corrected chi connectivity index (χ0v) is 18.4. The average molecular weight is 456 g/mol. The lowest BCUT2D eigenvalue weighted by Gasteiger charge is -2.28. The molecule has 32 heavy (non-hydrogen) atoms. The summed E-state index contributed by atoms with van der Waals surface area (Å²) in [5.41, 5.74) is 4.58. The van der Waals surface area contributed by atoms with Gasteiger partial charge in [0.15, 0.2) is 12.0 Å². The van der Waals surface area contributed by atoms with Crippen molar-refractivity contribution >= 4 is 28.3 Å². The number of nitrogens with zero attached hydrogens (tertiary/aromatic N) is 2. The van der Waals surface area contributed by atoms with E-state index >= 15 is 0 Å². The number of piperidine rings is 1. The van der Waals surface area contributed by atoms with Crippen LogP contribution in [0.15, 0.2) is 36.4 Å². The summed E-state index contributed by atoms with van der Waals surface area (Å²) in [5, 5.41) is 10.5. The average Bonchev–Trinajstić information content (AvgIpc) is 3.51. The summed E-state index contributed by atoms with van der Waals surface area (Å²) in [6.45, 7) is 2.89. The summed E-state index contributed by atoms with van der Waals surface area (Å²) in [6.07, 6.45) is 2.37. The molecule has 168 valence electrons. The molecule has 3 aromatic rings. The third-order valence-electron chi connectivity index (χ3n) is 6.65. The maximum absolute atomic E-state index is 9.92. The Bertz CT molecular complexity index is 1110. The summed E-state index contributed by atoms with van der Waals surface area (Å²) in [7, 11) is 0. The van der Waals surface area contributed by atoms with Gasteiger partial charge >= 0.3 is 0 Å². The van der Waals surface area contributed by atoms with Gasteiger partial charge in [-0.2, -0.15) is 0 Å². The van der Waals surface area contributed by atoms with E-state index in [2.05, 4.69) is 34.1 Å². The highest BCUT2D eigenvalue weighted by molar-refractivity contribution is 6.33. The number of nitrogens with one attached hydrogen (secondary N) is 1. The normalized spacial score (nSPS) is 27.8. The maximum Gasteiger partial charge on any atom is 0.193 e. The number of aliphatic hydroxyl groups excluding tert-OH is 1. The van der Waals surface area contributed by atoms with Crippen LogP contribution in [-0.2, 0) is 9.47 Å². The monoisotopic (exact) mass is 455 g/mol. The Morgan fingerprint density at radius 3 is 2.62 bits per heavy atom. The topological polar surface area (TPSA) is 79.8 Å². The number of aromatic nitrogens is 2. The predicted octanol–water partition coefficient (Wildman–Crippen LogP) is 3.78. The SMILES string of the molecule is O[C@@H]1COC2C1OC[C@H]2Oc1cc2nc(-c3ccc(N4CCCCC4)cc3)c(Cl)cc2[nH]1. The first-order valence-electron chi connectivity index (χ1n) is 11.3. The molecule has 2 N–H and O–H groups in total. The van der Waals surface area contributed by atoms with Gasteiger partial charge < -0.3 is 29.2 Å². The Morgan fingerprint density at radius 2 is 1.81 bits per heavy atom. The molecule has 2 unspecified atom stereocenters. The molecule has 1 aromatic carbocycles. The van der Waals surface area contributed by atoms with Gasteiger partial charge in [0.2, 0.25) is 0 Å². The predicted molar refractivity (Wildman–Crippen MR) is 123 cm³/mol. The lowest BCUT2D eigenvalue weighted by Crippen LogP contribution is -2.34. The number of aromatic amines is 1. The minimum absolute atomic E-state index is 0.262. The largest absolute Gasteiger partial charge is 0.470 e. The first kappa shape index (κ1) is 20.3. The van der Waals surface area contributed by atoms with Gasteiger partial charge in [0.1, 0.15) is 18.3 Å². The number of hydrogen-bond donors (Lipinski definition) is 2. The summed E-state index contributed by atoms with van der Waals surface area (Å²) in [6, 6.07) is 12.2. The van der Waals surface area contributed by atoms with Gasteiger partial charge in [0.25, 0.3) is 0 Å². The van der Waals surface area contributed by atoms with Crippen molar-refractivity contribution in [2.45, 2.75) is 43.7 Å². The van der Waals surface area contributed by atoms with E-state index in [1.165, 1.54) is 24.9 Å². The van der Waals surface area contributed by atoms with Crippen LogP contribution in [0.2, 0.25) is 5.02 Å². The minimum Gasteiger partial charge on any atom is -0.470 e. The Hall–Kier alpha value is -2.32. The molecule has 0 amide bonds. The zero-order chi connectivity index (χ0) is 21.7. The van der Waals surface area contributed by atoms with Crippen LogP contribution in [0.4, 0.5) is 5.69 Å². The van der Waals surface area contributed by atoms with E-state index in [1.807, 2.05) is 12.1 Å². The van der Waals surface area contributed by atoms with E-state index in [9.17, 15) is 5.11 Å². The molecule has 0 aliphatic carbocycles. The third kappa shape index (κ3) is 3.63. The number of rotatable bonds is 4. The molecule has 3 aliphatic heterocycles. The zero-order valence-electron chi connectivity index (χ0n) is 17.7. The van der Waals surface area contributed by atoms with Crippen LogP contribution in [0, 0.1) is 0 Å². The van der Waals surface area contributed by atoms with Crippen LogP contribution < -0.4 is 9.64 Å². The standard InChI is InChI=1S/C24H26ClN3O4/c25-16-10-17-18(11-21(26-17)32-20-13-31-23-19(29)12-30-24(20)23)27-22(16)14-4-6-15(7-5-14)28-8-2-1-3-9-28/h4-7,10-11,19-20,23-24,26,29H,1-3,8-9,12-13H2/t19-,20-,23?,24?/m1/s1. The summed E-state index contributed by atoms with van der Waals surface area (Å²) in [5.74, 6) is 0.584. The number of fused-ring (bicyclic) bond motifs is 2. The highest BCUT2D eigenvalue weighted by atomic mass is 35.5. The number of anilines is 1. The fourth-order valence-electron chi connectivity index (χ4n) is 4.96. The summed E-state index contributed by atoms with van der Waals surface area (Å²) >= 11 is 6.59. The van der Waals surface area contributed by atoms with Gasteiger partial charge in [-0.3, -0.25) is 0 Å². The molecule has 0 bridgehead atoms. The molecule has 7 nitrogen and oxygen atoms in total. The van der Waals surface area contributed by atoms with Crippen molar-refractivity contribution in [3.05, 3.63) is 41.4 Å². The highest BCUT2D eigenvalue weighted by Crippen LogP contribution is 2.34. The molecule has 0 saturated carbocycles. The van der Waals surface area contributed by atoms with Gasteiger partial charge in [-0.05, 0) is 37.5 Å². The molecule has 3 fully saturated rings. The van der Waals surface area contributed by atoms with E-state index in [1.54, 1.807) is 0 Å². The number of halogens is 1. The van der Waals surface area contributed by atoms with Gasteiger partial charge in [-0.25, -0.2) is 4.98 Å². The number of ether oxygens (including phenoxy) is 3. The number of pyridine rings is 1. The molecule has 0 spiro atoms. The van der Waals surface area contributed by atoms with Crippen LogP contribution in [0.3, 0.4) is 0 Å². The molecular formula is C24H26ClN3O4. The van der Waals surface area contributed by atoms with Crippen LogP contribution in [0.25, 0.3) is 22.3 Å². The number of aliphatic hydroxyl groups is 1. The Balaban J connectivity index is 1.23. The van der Waals surface area contributed by atoms with Crippen molar-refractivity contribution in [2.24, 2.45) is 0 Å². The lowest BCUT2D eigenvalue weighted by atomic mass is 10.1. The van der Waals surface area contributed by atoms with Crippen LogP contribution >= 0.6 is 11.6 Å². The van der Waals surface area contributed by atoms with Gasteiger partial charge in [0, 0.05) is 30.4 Å². The second-order valence-corrected chi connectivity index (χ2v) is 9.21. The molecular weight excluding hydrogens is 430 g/mol. The molecule has 5 heterocycles. The van der Waals surface area contributed by atoms with Crippen molar-refractivity contribution in [3.63, 3.8) is 0 Å². The molecule has 3 aliphatic rings. The van der Waals surface area contributed by atoms with E-state index < -0.39 is 6.10 Å². The van der Waals surface area contributed by atoms with Crippen LogP contribution in [0.1, 0.15) is 19.3 Å². The van der Waals surface area contributed by atoms with Crippen LogP contribution in [-0.4, -0.2) is 65.8 Å². The highest BCUT2D eigenvalue weighted by Gasteiger charge is 2.48. The van der Waals surface area contributed by atoms with Gasteiger partial charge in [-0.1, -0.05) is 23.7 Å².